The molecule has 0 amide bonds. The number of likely N-dealkylation sites (tertiary alicyclic amines) is 1. The lowest BCUT2D eigenvalue weighted by molar-refractivity contribution is -0.385. The number of rotatable bonds is 3. The number of nitrogens with one attached hydrogen (secondary N) is 1. The second-order valence-electron chi connectivity index (χ2n) is 5.92. The molecule has 2 aliphatic rings. The standard InChI is InChI=1S/C14H18ClN3O2/c15-12-1-2-13(18(19)20)11(7-12)8-17-6-4-14(10-17)3-5-16-9-14/h1-2,7,16H,3-6,8-10H2. The number of nitro groups is 1. The van der Waals surface area contributed by atoms with Crippen LogP contribution in [0.2, 0.25) is 5.02 Å². The van der Waals surface area contributed by atoms with Crippen molar-refractivity contribution in [1.29, 1.82) is 0 Å². The molecule has 1 aromatic carbocycles. The van der Waals surface area contributed by atoms with Crippen molar-refractivity contribution >= 4 is 17.3 Å². The van der Waals surface area contributed by atoms with E-state index in [-0.39, 0.29) is 10.6 Å². The summed E-state index contributed by atoms with van der Waals surface area (Å²) in [7, 11) is 0. The van der Waals surface area contributed by atoms with Crippen LogP contribution in [0.4, 0.5) is 5.69 Å². The molecular weight excluding hydrogens is 278 g/mol. The largest absolute Gasteiger partial charge is 0.316 e. The summed E-state index contributed by atoms with van der Waals surface area (Å²) < 4.78 is 0. The van der Waals surface area contributed by atoms with Crippen LogP contribution in [0.1, 0.15) is 18.4 Å². The maximum Gasteiger partial charge on any atom is 0.273 e. The van der Waals surface area contributed by atoms with Gasteiger partial charge in [0.2, 0.25) is 0 Å². The Balaban J connectivity index is 1.75. The maximum atomic E-state index is 11.1. The molecule has 20 heavy (non-hydrogen) atoms. The van der Waals surface area contributed by atoms with Crippen LogP contribution in [0, 0.1) is 15.5 Å². The second-order valence-corrected chi connectivity index (χ2v) is 6.35. The van der Waals surface area contributed by atoms with Crippen LogP contribution in [-0.4, -0.2) is 36.0 Å². The Morgan fingerprint density at radius 1 is 1.45 bits per heavy atom. The minimum Gasteiger partial charge on any atom is -0.316 e. The molecule has 0 bridgehead atoms. The monoisotopic (exact) mass is 295 g/mol. The zero-order valence-electron chi connectivity index (χ0n) is 11.3. The molecule has 6 heteroatoms. The van der Waals surface area contributed by atoms with E-state index >= 15 is 0 Å². The fraction of sp³-hybridized carbons (Fsp3) is 0.571. The molecule has 0 aliphatic carbocycles. The molecule has 0 saturated carbocycles. The minimum atomic E-state index is -0.325. The zero-order chi connectivity index (χ0) is 14.2. The van der Waals surface area contributed by atoms with E-state index in [1.165, 1.54) is 18.9 Å². The van der Waals surface area contributed by atoms with Crippen LogP contribution in [-0.2, 0) is 6.54 Å². The Bertz CT molecular complexity index is 529. The van der Waals surface area contributed by atoms with Crippen molar-refractivity contribution in [2.75, 3.05) is 26.2 Å². The van der Waals surface area contributed by atoms with Crippen LogP contribution in [0.15, 0.2) is 18.2 Å². The van der Waals surface area contributed by atoms with Crippen LogP contribution < -0.4 is 5.32 Å². The molecule has 0 radical (unpaired) electrons. The molecule has 1 N–H and O–H groups in total. The highest BCUT2D eigenvalue weighted by Crippen LogP contribution is 2.37. The van der Waals surface area contributed by atoms with Crippen LogP contribution in [0.3, 0.4) is 0 Å². The van der Waals surface area contributed by atoms with Crippen molar-refractivity contribution in [2.24, 2.45) is 5.41 Å². The van der Waals surface area contributed by atoms with Gasteiger partial charge in [-0.3, -0.25) is 15.0 Å². The van der Waals surface area contributed by atoms with Crippen LogP contribution in [0.5, 0.6) is 0 Å². The first-order valence-corrected chi connectivity index (χ1v) is 7.32. The Morgan fingerprint density at radius 3 is 3.00 bits per heavy atom. The van der Waals surface area contributed by atoms with Gasteiger partial charge in [-0.15, -0.1) is 0 Å². The van der Waals surface area contributed by atoms with Gasteiger partial charge in [-0.1, -0.05) is 11.6 Å². The summed E-state index contributed by atoms with van der Waals surface area (Å²) >= 11 is 5.98. The van der Waals surface area contributed by atoms with E-state index in [0.717, 1.165) is 26.2 Å². The third-order valence-electron chi connectivity index (χ3n) is 4.48. The predicted molar refractivity (Wildman–Crippen MR) is 77.9 cm³/mol. The lowest BCUT2D eigenvalue weighted by atomic mass is 9.86. The Labute approximate surface area is 123 Å². The summed E-state index contributed by atoms with van der Waals surface area (Å²) in [4.78, 5) is 13.1. The van der Waals surface area contributed by atoms with Gasteiger partial charge in [-0.25, -0.2) is 0 Å². The van der Waals surface area contributed by atoms with E-state index in [1.807, 2.05) is 0 Å². The first kappa shape index (κ1) is 13.8. The molecule has 1 spiro atoms. The first-order valence-electron chi connectivity index (χ1n) is 6.94. The number of nitro benzene ring substituents is 1. The second kappa shape index (κ2) is 5.31. The zero-order valence-corrected chi connectivity index (χ0v) is 12.0. The number of halogens is 1. The lowest BCUT2D eigenvalue weighted by Gasteiger charge is -2.22. The van der Waals surface area contributed by atoms with Gasteiger partial charge in [0, 0.05) is 36.3 Å². The van der Waals surface area contributed by atoms with Gasteiger partial charge in [0.05, 0.1) is 4.92 Å². The molecule has 1 atom stereocenters. The summed E-state index contributed by atoms with van der Waals surface area (Å²) in [6.07, 6.45) is 2.38. The smallest absolute Gasteiger partial charge is 0.273 e. The molecule has 2 aliphatic heterocycles. The van der Waals surface area contributed by atoms with Gasteiger partial charge >= 0.3 is 0 Å². The van der Waals surface area contributed by atoms with E-state index in [9.17, 15) is 10.1 Å². The summed E-state index contributed by atoms with van der Waals surface area (Å²) in [5, 5.41) is 15.1. The fourth-order valence-electron chi connectivity index (χ4n) is 3.41. The van der Waals surface area contributed by atoms with E-state index in [0.29, 0.717) is 22.5 Å². The molecule has 1 aromatic rings. The highest BCUT2D eigenvalue weighted by Gasteiger charge is 2.40. The molecule has 3 rings (SSSR count). The van der Waals surface area contributed by atoms with Crippen molar-refractivity contribution in [1.82, 2.24) is 10.2 Å². The minimum absolute atomic E-state index is 0.167. The Morgan fingerprint density at radius 2 is 2.30 bits per heavy atom. The summed E-state index contributed by atoms with van der Waals surface area (Å²) in [6, 6.07) is 4.80. The third-order valence-corrected chi connectivity index (χ3v) is 4.72. The SMILES string of the molecule is O=[N+]([O-])c1ccc(Cl)cc1CN1CCC2(CCNC2)C1. The van der Waals surface area contributed by atoms with Crippen molar-refractivity contribution in [2.45, 2.75) is 19.4 Å². The van der Waals surface area contributed by atoms with Gasteiger partial charge in [-0.05, 0) is 43.5 Å². The molecule has 5 nitrogen and oxygen atoms in total. The average Bonchev–Trinajstić information content (AvgIpc) is 3.00. The van der Waals surface area contributed by atoms with E-state index < -0.39 is 0 Å². The molecule has 2 heterocycles. The van der Waals surface area contributed by atoms with Crippen molar-refractivity contribution in [3.05, 3.63) is 38.9 Å². The predicted octanol–water partition coefficient (Wildman–Crippen LogP) is 2.43. The quantitative estimate of drug-likeness (QED) is 0.687. The van der Waals surface area contributed by atoms with E-state index in [1.54, 1.807) is 12.1 Å². The lowest BCUT2D eigenvalue weighted by Crippen LogP contribution is -2.29. The average molecular weight is 296 g/mol. The van der Waals surface area contributed by atoms with E-state index in [4.69, 9.17) is 11.6 Å². The molecule has 1 unspecified atom stereocenters. The van der Waals surface area contributed by atoms with Crippen LogP contribution >= 0.6 is 11.6 Å². The molecule has 0 aromatic heterocycles. The normalized spacial score (nSPS) is 26.4. The molecule has 108 valence electrons. The first-order chi connectivity index (χ1) is 9.58. The van der Waals surface area contributed by atoms with Gasteiger partial charge in [-0.2, -0.15) is 0 Å². The highest BCUT2D eigenvalue weighted by atomic mass is 35.5. The number of nitrogens with zero attached hydrogens (tertiary/aromatic N) is 2. The fourth-order valence-corrected chi connectivity index (χ4v) is 3.60. The number of benzene rings is 1. The topological polar surface area (TPSA) is 58.4 Å². The highest BCUT2D eigenvalue weighted by molar-refractivity contribution is 6.30. The summed E-state index contributed by atoms with van der Waals surface area (Å²) in [5.41, 5.74) is 1.26. The van der Waals surface area contributed by atoms with Crippen molar-refractivity contribution in [3.8, 4) is 0 Å². The van der Waals surface area contributed by atoms with Gasteiger partial charge < -0.3 is 5.32 Å². The van der Waals surface area contributed by atoms with Crippen molar-refractivity contribution in [3.63, 3.8) is 0 Å². The summed E-state index contributed by atoms with van der Waals surface area (Å²) in [6.45, 7) is 4.79. The Kier molecular flexibility index (Phi) is 3.67. The molecule has 2 fully saturated rings. The van der Waals surface area contributed by atoms with Gasteiger partial charge in [0.1, 0.15) is 0 Å². The van der Waals surface area contributed by atoms with Gasteiger partial charge in [0.25, 0.3) is 5.69 Å². The van der Waals surface area contributed by atoms with E-state index in [2.05, 4.69) is 10.2 Å². The van der Waals surface area contributed by atoms with Gasteiger partial charge in [0.15, 0.2) is 0 Å². The van der Waals surface area contributed by atoms with Crippen molar-refractivity contribution < 1.29 is 4.92 Å². The number of hydrogen-bond acceptors (Lipinski definition) is 4. The molecular formula is C14H18ClN3O2. The Hall–Kier alpha value is -1.17. The molecule has 2 saturated heterocycles. The third kappa shape index (κ3) is 2.66. The number of hydrogen-bond donors (Lipinski definition) is 1. The summed E-state index contributed by atoms with van der Waals surface area (Å²) in [5.74, 6) is 0. The maximum absolute atomic E-state index is 11.1. The van der Waals surface area contributed by atoms with Crippen LogP contribution in [0.25, 0.3) is 0 Å².